The average molecular weight is 462 g/mol. The molecule has 0 aliphatic heterocycles. The van der Waals surface area contributed by atoms with Gasteiger partial charge < -0.3 is 4.74 Å². The van der Waals surface area contributed by atoms with Gasteiger partial charge in [0.2, 0.25) is 5.95 Å². The molecule has 1 amide bonds. The van der Waals surface area contributed by atoms with Gasteiger partial charge in [0.05, 0.1) is 0 Å². The Balaban J connectivity index is 0.00000220. The van der Waals surface area contributed by atoms with Crippen molar-refractivity contribution in [3.63, 3.8) is 0 Å². The van der Waals surface area contributed by atoms with Crippen LogP contribution in [0.25, 0.3) is 0 Å². The molecule has 2 aromatic rings. The molecule has 0 bridgehead atoms. The number of aryl methyl sites for hydroxylation is 1. The summed E-state index contributed by atoms with van der Waals surface area (Å²) in [4.78, 5) is 18.9. The fourth-order valence-electron chi connectivity index (χ4n) is 1.43. The first-order valence-electron chi connectivity index (χ1n) is 5.62. The van der Waals surface area contributed by atoms with E-state index in [1.807, 2.05) is 0 Å². The number of anilines is 1. The number of benzene rings is 1. The van der Waals surface area contributed by atoms with E-state index in [0.29, 0.717) is 11.4 Å². The van der Waals surface area contributed by atoms with Crippen molar-refractivity contribution in [2.75, 3.05) is 5.32 Å². The van der Waals surface area contributed by atoms with E-state index >= 15 is 0 Å². The molecule has 0 saturated carbocycles. The van der Waals surface area contributed by atoms with Gasteiger partial charge in [0.15, 0.2) is 0 Å². The molecule has 108 valence electrons. The molecule has 2 rings (SSSR count). The number of ether oxygens (including phenoxy) is 1. The first-order valence-corrected chi connectivity index (χ1v) is 5.62. The van der Waals surface area contributed by atoms with E-state index in [2.05, 4.69) is 15.3 Å². The van der Waals surface area contributed by atoms with E-state index in [0.717, 1.165) is 6.07 Å². The zero-order valence-corrected chi connectivity index (χ0v) is 13.8. The Labute approximate surface area is 134 Å². The molecule has 0 aliphatic carbocycles. The molecule has 0 saturated heterocycles. The maximum absolute atomic E-state index is 12.5. The van der Waals surface area contributed by atoms with Gasteiger partial charge in [-0.2, -0.15) is 6.07 Å². The molecule has 1 N–H and O–H groups in total. The Morgan fingerprint density at radius 1 is 1.24 bits per heavy atom. The van der Waals surface area contributed by atoms with Gasteiger partial charge in [0, 0.05) is 0 Å². The Hall–Kier alpha value is -2.01. The first kappa shape index (κ1) is 17.0. The SMILES string of the molecule is Cc1cc([C-](F)F)nc(NC(=O)Oc2ccccc2)n1.[W+2]. The van der Waals surface area contributed by atoms with Crippen LogP contribution >= 0.6 is 0 Å². The summed E-state index contributed by atoms with van der Waals surface area (Å²) >= 11 is 0. The molecule has 1 aromatic heterocycles. The van der Waals surface area contributed by atoms with Crippen LogP contribution in [-0.2, 0) is 21.1 Å². The second-order valence-corrected chi connectivity index (χ2v) is 3.81. The number of amides is 1. The van der Waals surface area contributed by atoms with Crippen molar-refractivity contribution in [2.45, 2.75) is 6.92 Å². The van der Waals surface area contributed by atoms with Crippen molar-refractivity contribution in [3.05, 3.63) is 54.2 Å². The summed E-state index contributed by atoms with van der Waals surface area (Å²) in [7, 11) is 0. The molecule has 0 fully saturated rings. The number of hydrogen-bond acceptors (Lipinski definition) is 4. The third kappa shape index (κ3) is 5.11. The van der Waals surface area contributed by atoms with Gasteiger partial charge >= 0.3 is 27.2 Å². The van der Waals surface area contributed by atoms with Crippen LogP contribution in [0, 0.1) is 13.3 Å². The number of hydrogen-bond donors (Lipinski definition) is 1. The van der Waals surface area contributed by atoms with Gasteiger partial charge in [-0.15, -0.1) is 0 Å². The molecule has 0 unspecified atom stereocenters. The normalized spacial score (nSPS) is 9.48. The minimum Gasteiger partial charge on any atom is -0.410 e. The topological polar surface area (TPSA) is 64.1 Å². The van der Waals surface area contributed by atoms with E-state index < -0.39 is 18.2 Å². The Morgan fingerprint density at radius 2 is 1.90 bits per heavy atom. The largest absolute Gasteiger partial charge is 2.00 e. The van der Waals surface area contributed by atoms with Gasteiger partial charge in [-0.05, 0) is 30.4 Å². The number of rotatable bonds is 3. The fourth-order valence-corrected chi connectivity index (χ4v) is 1.43. The number of halogens is 2. The predicted octanol–water partition coefficient (Wildman–Crippen LogP) is 3.17. The van der Waals surface area contributed by atoms with Crippen molar-refractivity contribution in [3.8, 4) is 5.75 Å². The molecule has 0 aliphatic rings. The van der Waals surface area contributed by atoms with Crippen LogP contribution in [0.15, 0.2) is 36.4 Å². The molecule has 1 heterocycles. The number of nitrogens with zero attached hydrogens (tertiary/aromatic N) is 2. The molecule has 21 heavy (non-hydrogen) atoms. The number of aromatic nitrogens is 2. The zero-order chi connectivity index (χ0) is 14.5. The van der Waals surface area contributed by atoms with E-state index in [9.17, 15) is 13.6 Å². The van der Waals surface area contributed by atoms with Crippen molar-refractivity contribution >= 4 is 12.0 Å². The maximum atomic E-state index is 12.5. The second-order valence-electron chi connectivity index (χ2n) is 3.81. The van der Waals surface area contributed by atoms with Crippen LogP contribution < -0.4 is 10.1 Å². The van der Waals surface area contributed by atoms with Crippen LogP contribution in [-0.4, -0.2) is 16.1 Å². The molecule has 5 nitrogen and oxygen atoms in total. The summed E-state index contributed by atoms with van der Waals surface area (Å²) in [5.74, 6) is 0.0786. The molecule has 8 heteroatoms. The number of carbonyl (C=O) groups is 1. The molecular weight excluding hydrogens is 452 g/mol. The summed E-state index contributed by atoms with van der Waals surface area (Å²) < 4.78 is 29.9. The van der Waals surface area contributed by atoms with Crippen LogP contribution in [0.3, 0.4) is 0 Å². The summed E-state index contributed by atoms with van der Waals surface area (Å²) in [6, 6.07) is 9.42. The standard InChI is InChI=1S/C13H10F2N3O2.W/c1-8-7-10(11(14)15)17-12(16-8)18-13(19)20-9-5-3-2-4-6-9;/h2-7H,1H3,(H,16,17,18,19);/q-1;+2. The molecule has 1 aromatic carbocycles. The van der Waals surface area contributed by atoms with Gasteiger partial charge in [-0.1, -0.05) is 18.2 Å². The third-order valence-corrected chi connectivity index (χ3v) is 2.22. The Bertz CT molecular complexity index is 612. The minimum absolute atomic E-state index is 0. The van der Waals surface area contributed by atoms with Gasteiger partial charge in [0.1, 0.15) is 12.2 Å². The van der Waals surface area contributed by atoms with Crippen LogP contribution in [0.1, 0.15) is 11.4 Å². The van der Waals surface area contributed by atoms with Crippen molar-refractivity contribution in [2.24, 2.45) is 0 Å². The van der Waals surface area contributed by atoms with Gasteiger partial charge in [-0.3, -0.25) is 14.1 Å². The fraction of sp³-hybridized carbons (Fsp3) is 0.0769. The predicted molar refractivity (Wildman–Crippen MR) is 67.4 cm³/mol. The van der Waals surface area contributed by atoms with Crippen molar-refractivity contribution in [1.29, 1.82) is 0 Å². The Morgan fingerprint density at radius 3 is 2.52 bits per heavy atom. The zero-order valence-electron chi connectivity index (χ0n) is 10.8. The van der Waals surface area contributed by atoms with Crippen molar-refractivity contribution in [1.82, 2.24) is 9.97 Å². The summed E-state index contributed by atoms with van der Waals surface area (Å²) in [6.07, 6.45) is -2.80. The second kappa shape index (κ2) is 7.69. The Kier molecular flexibility index (Phi) is 6.24. The third-order valence-electron chi connectivity index (χ3n) is 2.22. The van der Waals surface area contributed by atoms with Crippen LogP contribution in [0.2, 0.25) is 0 Å². The average Bonchev–Trinajstić information content (AvgIpc) is 2.38. The van der Waals surface area contributed by atoms with E-state index in [-0.39, 0.29) is 27.0 Å². The summed E-state index contributed by atoms with van der Waals surface area (Å²) in [5.41, 5.74) is -0.231. The number of nitrogens with one attached hydrogen (secondary N) is 1. The van der Waals surface area contributed by atoms with Crippen LogP contribution in [0.4, 0.5) is 19.5 Å². The van der Waals surface area contributed by atoms with E-state index in [4.69, 9.17) is 4.74 Å². The number of carbonyl (C=O) groups excluding carboxylic acids is 1. The molecule has 0 radical (unpaired) electrons. The summed E-state index contributed by atoms with van der Waals surface area (Å²) in [5, 5.41) is 2.20. The van der Waals surface area contributed by atoms with Gasteiger partial charge in [-0.25, -0.2) is 14.8 Å². The van der Waals surface area contributed by atoms with Crippen molar-refractivity contribution < 1.29 is 39.4 Å². The number of para-hydroxylation sites is 1. The smallest absolute Gasteiger partial charge is 0.410 e. The minimum atomic E-state index is -1.95. The van der Waals surface area contributed by atoms with Gasteiger partial charge in [0.25, 0.3) is 0 Å². The van der Waals surface area contributed by atoms with E-state index in [1.165, 1.54) is 6.92 Å². The van der Waals surface area contributed by atoms with E-state index in [1.54, 1.807) is 30.3 Å². The quantitative estimate of drug-likeness (QED) is 0.713. The molecule has 0 spiro atoms. The summed E-state index contributed by atoms with van der Waals surface area (Å²) in [6.45, 7) is 1.52. The monoisotopic (exact) mass is 462 g/mol. The molecule has 0 atom stereocenters. The molecular formula is C13H10F2N3O2W+. The first-order chi connectivity index (χ1) is 9.54. The maximum Gasteiger partial charge on any atom is 2.00 e. The van der Waals surface area contributed by atoms with Crippen LogP contribution in [0.5, 0.6) is 5.75 Å².